The summed E-state index contributed by atoms with van der Waals surface area (Å²) in [6.45, 7) is 20.8. The van der Waals surface area contributed by atoms with Gasteiger partial charge in [0.25, 0.3) is 0 Å². The summed E-state index contributed by atoms with van der Waals surface area (Å²) in [5.41, 5.74) is -1.75. The second-order valence-corrected chi connectivity index (χ2v) is 17.1. The summed E-state index contributed by atoms with van der Waals surface area (Å²) in [6.07, 6.45) is 0.443. The Morgan fingerprint density at radius 2 is 1.59 bits per heavy atom. The van der Waals surface area contributed by atoms with E-state index in [4.69, 9.17) is 4.74 Å². The summed E-state index contributed by atoms with van der Waals surface area (Å²) in [4.78, 5) is 41.4. The van der Waals surface area contributed by atoms with Gasteiger partial charge < -0.3 is 20.3 Å². The number of hydrogen-bond acceptors (Lipinski definition) is 6. The summed E-state index contributed by atoms with van der Waals surface area (Å²) < 4.78 is 30.1. The van der Waals surface area contributed by atoms with Gasteiger partial charge in [-0.15, -0.1) is 0 Å². The Morgan fingerprint density at radius 1 is 1.05 bits per heavy atom. The quantitative estimate of drug-likeness (QED) is 0.453. The lowest BCUT2D eigenvalue weighted by Gasteiger charge is -2.39. The third kappa shape index (κ3) is 6.60. The van der Waals surface area contributed by atoms with Gasteiger partial charge in [-0.25, -0.2) is 18.0 Å². The highest BCUT2D eigenvalue weighted by atomic mass is 32.2. The maximum Gasteiger partial charge on any atom is 0.328 e. The zero-order valence-electron chi connectivity index (χ0n) is 24.8. The van der Waals surface area contributed by atoms with Crippen LogP contribution in [0.5, 0.6) is 0 Å². The predicted octanol–water partition coefficient (Wildman–Crippen LogP) is 3.37. The van der Waals surface area contributed by atoms with E-state index in [1.54, 1.807) is 32.6 Å². The van der Waals surface area contributed by atoms with E-state index in [-0.39, 0.29) is 34.8 Å². The van der Waals surface area contributed by atoms with E-state index in [1.807, 2.05) is 34.6 Å². The van der Waals surface area contributed by atoms with Gasteiger partial charge in [0.1, 0.15) is 12.1 Å². The first-order valence-electron chi connectivity index (χ1n) is 13.2. The van der Waals surface area contributed by atoms with Crippen LogP contribution in [0.4, 0.5) is 4.79 Å². The van der Waals surface area contributed by atoms with Gasteiger partial charge in [0.15, 0.2) is 9.84 Å². The van der Waals surface area contributed by atoms with Crippen molar-refractivity contribution in [3.05, 3.63) is 0 Å². The number of piperidine rings is 1. The number of ether oxygens (including phenoxy) is 1. The number of nitrogens with zero attached hydrogens (tertiary/aromatic N) is 1. The van der Waals surface area contributed by atoms with Crippen LogP contribution in [0.2, 0.25) is 0 Å². The van der Waals surface area contributed by atoms with Crippen molar-refractivity contribution >= 4 is 27.7 Å². The number of nitrogens with one attached hydrogen (secondary N) is 2. The van der Waals surface area contributed by atoms with Crippen molar-refractivity contribution < 1.29 is 27.5 Å². The van der Waals surface area contributed by atoms with Crippen LogP contribution >= 0.6 is 0 Å². The number of sulfone groups is 1. The Labute approximate surface area is 223 Å². The van der Waals surface area contributed by atoms with Gasteiger partial charge in [-0.1, -0.05) is 48.5 Å². The van der Waals surface area contributed by atoms with Crippen LogP contribution in [0.15, 0.2) is 0 Å². The molecule has 2 unspecified atom stereocenters. The molecule has 3 amide bonds. The standard InChI is InChI=1S/C27H49N3O6S/c1-16(2)13-27(11,15-37(34,35)25(6,7)8)29-23(33)28-20(24(3,4)5)21(31)30-14-17-18(26(17,9)10)19(30)22(32)36-12/h16-20H,13-15H2,1-12H3,(H2,28,29,33)/t17?,18?,19-,20+,27-/m0/s1. The van der Waals surface area contributed by atoms with E-state index in [2.05, 4.69) is 24.5 Å². The molecular formula is C27H49N3O6S. The lowest BCUT2D eigenvalue weighted by atomic mass is 9.85. The molecule has 0 aromatic rings. The number of rotatable bonds is 8. The van der Waals surface area contributed by atoms with E-state index in [1.165, 1.54) is 7.11 Å². The smallest absolute Gasteiger partial charge is 0.328 e. The van der Waals surface area contributed by atoms with Crippen molar-refractivity contribution in [2.75, 3.05) is 19.4 Å². The summed E-state index contributed by atoms with van der Waals surface area (Å²) in [5, 5.41) is 5.71. The predicted molar refractivity (Wildman–Crippen MR) is 145 cm³/mol. The average molecular weight is 544 g/mol. The molecule has 214 valence electrons. The Kier molecular flexibility index (Phi) is 8.52. The van der Waals surface area contributed by atoms with Crippen molar-refractivity contribution in [2.45, 2.75) is 105 Å². The first kappa shape index (κ1) is 31.4. The molecule has 10 heteroatoms. The highest BCUT2D eigenvalue weighted by molar-refractivity contribution is 7.92. The lowest BCUT2D eigenvalue weighted by molar-refractivity contribution is -0.154. The minimum absolute atomic E-state index is 0.0234. The van der Waals surface area contributed by atoms with Crippen LogP contribution in [-0.2, 0) is 24.2 Å². The normalized spacial score (nSPS) is 25.6. The van der Waals surface area contributed by atoms with Crippen molar-refractivity contribution in [3.8, 4) is 0 Å². The third-order valence-corrected chi connectivity index (χ3v) is 10.9. The molecule has 37 heavy (non-hydrogen) atoms. The largest absolute Gasteiger partial charge is 0.467 e. The van der Waals surface area contributed by atoms with Crippen LogP contribution in [0, 0.1) is 28.6 Å². The molecule has 2 fully saturated rings. The molecule has 0 spiro atoms. The molecule has 1 saturated carbocycles. The average Bonchev–Trinajstić information content (AvgIpc) is 3.03. The first-order chi connectivity index (χ1) is 16.5. The Bertz CT molecular complexity index is 1010. The van der Waals surface area contributed by atoms with Gasteiger partial charge in [-0.2, -0.15) is 0 Å². The fourth-order valence-corrected chi connectivity index (χ4v) is 7.30. The van der Waals surface area contributed by atoms with E-state index in [0.717, 1.165) is 0 Å². The number of carbonyl (C=O) groups is 3. The fourth-order valence-electron chi connectivity index (χ4n) is 5.84. The molecule has 1 aliphatic carbocycles. The first-order valence-corrected chi connectivity index (χ1v) is 14.8. The summed E-state index contributed by atoms with van der Waals surface area (Å²) >= 11 is 0. The van der Waals surface area contributed by atoms with Crippen LogP contribution in [0.3, 0.4) is 0 Å². The zero-order chi connectivity index (χ0) is 28.9. The minimum atomic E-state index is -3.53. The van der Waals surface area contributed by atoms with Gasteiger partial charge in [0.05, 0.1) is 23.1 Å². The summed E-state index contributed by atoms with van der Waals surface area (Å²) in [7, 11) is -2.21. The van der Waals surface area contributed by atoms with E-state index >= 15 is 0 Å². The van der Waals surface area contributed by atoms with Crippen LogP contribution in [-0.4, -0.2) is 73.0 Å². The second kappa shape index (κ2) is 10.0. The number of methoxy groups -OCH3 is 1. The molecule has 2 rings (SSSR count). The van der Waals surface area contributed by atoms with E-state index < -0.39 is 49.6 Å². The zero-order valence-corrected chi connectivity index (χ0v) is 25.6. The Hall–Kier alpha value is -1.84. The van der Waals surface area contributed by atoms with Crippen molar-refractivity contribution in [1.82, 2.24) is 15.5 Å². The molecule has 0 aromatic carbocycles. The lowest BCUT2D eigenvalue weighted by Crippen LogP contribution is -2.62. The number of fused-ring (bicyclic) bond motifs is 1. The molecule has 1 heterocycles. The maximum atomic E-state index is 13.8. The highest BCUT2D eigenvalue weighted by Crippen LogP contribution is 2.65. The Morgan fingerprint density at radius 3 is 2.03 bits per heavy atom. The number of urea groups is 1. The van der Waals surface area contributed by atoms with Gasteiger partial charge in [-0.3, -0.25) is 4.79 Å². The maximum absolute atomic E-state index is 13.8. The molecular weight excluding hydrogens is 494 g/mol. The number of amides is 3. The van der Waals surface area contributed by atoms with Gasteiger partial charge >= 0.3 is 12.0 Å². The molecule has 0 aromatic heterocycles. The molecule has 9 nitrogen and oxygen atoms in total. The molecule has 5 atom stereocenters. The second-order valence-electron chi connectivity index (χ2n) is 14.3. The molecule has 0 bridgehead atoms. The van der Waals surface area contributed by atoms with Crippen molar-refractivity contribution in [3.63, 3.8) is 0 Å². The summed E-state index contributed by atoms with van der Waals surface area (Å²) in [5.74, 6) is -0.657. The van der Waals surface area contributed by atoms with Gasteiger partial charge in [0.2, 0.25) is 5.91 Å². The molecule has 2 aliphatic rings. The highest BCUT2D eigenvalue weighted by Gasteiger charge is 2.70. The Balaban J connectivity index is 2.29. The molecule has 2 N–H and O–H groups in total. The van der Waals surface area contributed by atoms with Crippen LogP contribution in [0.1, 0.15) is 82.6 Å². The molecule has 1 saturated heterocycles. The van der Waals surface area contributed by atoms with Crippen LogP contribution in [0.25, 0.3) is 0 Å². The number of hydrogen-bond donors (Lipinski definition) is 2. The van der Waals surface area contributed by atoms with Crippen LogP contribution < -0.4 is 10.6 Å². The number of esters is 1. The van der Waals surface area contributed by atoms with E-state index in [9.17, 15) is 22.8 Å². The minimum Gasteiger partial charge on any atom is -0.467 e. The monoisotopic (exact) mass is 543 g/mol. The number of likely N-dealkylation sites (tertiary alicyclic amines) is 1. The van der Waals surface area contributed by atoms with Gasteiger partial charge in [0, 0.05) is 12.5 Å². The van der Waals surface area contributed by atoms with Gasteiger partial charge in [-0.05, 0) is 56.8 Å². The van der Waals surface area contributed by atoms with E-state index in [0.29, 0.717) is 13.0 Å². The number of carbonyl (C=O) groups excluding carboxylic acids is 3. The molecule has 0 radical (unpaired) electrons. The summed E-state index contributed by atoms with van der Waals surface area (Å²) in [6, 6.07) is -2.22. The van der Waals surface area contributed by atoms with Crippen molar-refractivity contribution in [2.24, 2.45) is 28.6 Å². The fraction of sp³-hybridized carbons (Fsp3) is 0.889. The SMILES string of the molecule is COC(=O)[C@@H]1C2C(CN1C(=O)[C@@H](NC(=O)N[C@@](C)(CC(C)C)CS(=O)(=O)C(C)(C)C)C(C)(C)C)C2(C)C. The third-order valence-electron chi connectivity index (χ3n) is 8.04. The topological polar surface area (TPSA) is 122 Å². The molecule has 1 aliphatic heterocycles. The van der Waals surface area contributed by atoms with Crippen molar-refractivity contribution in [1.29, 1.82) is 0 Å².